The van der Waals surface area contributed by atoms with Crippen LogP contribution in [0.25, 0.3) is 0 Å². The van der Waals surface area contributed by atoms with Crippen LogP contribution in [-0.4, -0.2) is 17.9 Å². The van der Waals surface area contributed by atoms with Crippen molar-refractivity contribution in [1.29, 1.82) is 0 Å². The van der Waals surface area contributed by atoms with E-state index in [9.17, 15) is 4.79 Å². The highest BCUT2D eigenvalue weighted by Gasteiger charge is 2.21. The zero-order valence-corrected chi connectivity index (χ0v) is 15.5. The van der Waals surface area contributed by atoms with E-state index in [1.165, 1.54) is 12.8 Å². The minimum atomic E-state index is 0. The SMILES string of the molecule is CC(C)CC(=O)Nc1cccc(CN=C(N)NC2CC2)c1.I. The van der Waals surface area contributed by atoms with Crippen molar-refractivity contribution < 1.29 is 4.79 Å². The van der Waals surface area contributed by atoms with E-state index in [1.54, 1.807) is 0 Å². The molecule has 0 aromatic heterocycles. The minimum absolute atomic E-state index is 0. The molecular weight excluding hydrogens is 391 g/mol. The number of hydrogen-bond donors (Lipinski definition) is 3. The van der Waals surface area contributed by atoms with Gasteiger partial charge in [0.25, 0.3) is 0 Å². The third kappa shape index (κ3) is 7.11. The number of nitrogens with zero attached hydrogens (tertiary/aromatic N) is 1. The Morgan fingerprint density at radius 1 is 1.41 bits per heavy atom. The molecule has 1 saturated carbocycles. The van der Waals surface area contributed by atoms with E-state index < -0.39 is 0 Å². The zero-order chi connectivity index (χ0) is 15.2. The monoisotopic (exact) mass is 416 g/mol. The van der Waals surface area contributed by atoms with Gasteiger partial charge in [0.1, 0.15) is 0 Å². The van der Waals surface area contributed by atoms with Gasteiger partial charge in [-0.3, -0.25) is 4.79 Å². The summed E-state index contributed by atoms with van der Waals surface area (Å²) in [6.07, 6.45) is 2.88. The van der Waals surface area contributed by atoms with E-state index in [0.717, 1.165) is 11.3 Å². The molecule has 1 aromatic rings. The molecule has 0 spiro atoms. The maximum absolute atomic E-state index is 11.8. The molecule has 6 heteroatoms. The quantitative estimate of drug-likeness (QED) is 0.379. The summed E-state index contributed by atoms with van der Waals surface area (Å²) in [4.78, 5) is 16.1. The summed E-state index contributed by atoms with van der Waals surface area (Å²) in [6.45, 7) is 4.57. The van der Waals surface area contributed by atoms with Crippen LogP contribution < -0.4 is 16.4 Å². The van der Waals surface area contributed by atoms with Crippen molar-refractivity contribution in [2.45, 2.75) is 45.7 Å². The lowest BCUT2D eigenvalue weighted by Crippen LogP contribution is -2.33. The highest BCUT2D eigenvalue weighted by molar-refractivity contribution is 14.0. The molecule has 0 radical (unpaired) electrons. The van der Waals surface area contributed by atoms with Gasteiger partial charge in [-0.05, 0) is 36.5 Å². The second kappa shape index (κ2) is 8.97. The normalized spacial score (nSPS) is 14.4. The second-order valence-corrected chi connectivity index (χ2v) is 5.97. The molecule has 1 aromatic carbocycles. The first-order chi connectivity index (χ1) is 10.0. The maximum atomic E-state index is 11.8. The summed E-state index contributed by atoms with van der Waals surface area (Å²) < 4.78 is 0. The second-order valence-electron chi connectivity index (χ2n) is 5.97. The van der Waals surface area contributed by atoms with Crippen LogP contribution >= 0.6 is 24.0 Å². The number of amides is 1. The van der Waals surface area contributed by atoms with E-state index >= 15 is 0 Å². The van der Waals surface area contributed by atoms with Crippen LogP contribution in [0.1, 0.15) is 38.7 Å². The average molecular weight is 416 g/mol. The molecule has 4 N–H and O–H groups in total. The molecular formula is C16H25IN4O. The Bertz CT molecular complexity index is 527. The van der Waals surface area contributed by atoms with Crippen molar-refractivity contribution in [2.24, 2.45) is 16.6 Å². The van der Waals surface area contributed by atoms with E-state index in [4.69, 9.17) is 5.73 Å². The lowest BCUT2D eigenvalue weighted by Gasteiger charge is -2.08. The van der Waals surface area contributed by atoms with Gasteiger partial charge >= 0.3 is 0 Å². The summed E-state index contributed by atoms with van der Waals surface area (Å²) in [5.41, 5.74) is 7.64. The number of carbonyl (C=O) groups excluding carboxylic acids is 1. The number of carbonyl (C=O) groups is 1. The van der Waals surface area contributed by atoms with Crippen LogP contribution in [0.2, 0.25) is 0 Å². The average Bonchev–Trinajstić information content (AvgIpc) is 3.19. The summed E-state index contributed by atoms with van der Waals surface area (Å²) in [5.74, 6) is 0.887. The Morgan fingerprint density at radius 3 is 2.77 bits per heavy atom. The predicted octanol–water partition coefficient (Wildman–Crippen LogP) is 2.86. The molecule has 0 unspecified atom stereocenters. The zero-order valence-electron chi connectivity index (χ0n) is 13.1. The van der Waals surface area contributed by atoms with Crippen molar-refractivity contribution in [3.63, 3.8) is 0 Å². The molecule has 22 heavy (non-hydrogen) atoms. The molecule has 1 aliphatic carbocycles. The topological polar surface area (TPSA) is 79.5 Å². The molecule has 5 nitrogen and oxygen atoms in total. The summed E-state index contributed by atoms with van der Waals surface area (Å²) in [6, 6.07) is 8.23. The van der Waals surface area contributed by atoms with Crippen LogP contribution in [0.4, 0.5) is 5.69 Å². The first-order valence-electron chi connectivity index (χ1n) is 7.48. The van der Waals surface area contributed by atoms with Crippen LogP contribution in [0.5, 0.6) is 0 Å². The summed E-state index contributed by atoms with van der Waals surface area (Å²) in [5, 5.41) is 6.06. The van der Waals surface area contributed by atoms with Crippen molar-refractivity contribution >= 4 is 41.5 Å². The standard InChI is InChI=1S/C16H24N4O.HI/c1-11(2)8-15(21)19-14-5-3-4-12(9-14)10-18-16(17)20-13-6-7-13;/h3-5,9,11,13H,6-8,10H2,1-2H3,(H,19,21)(H3,17,18,20);1H. The third-order valence-electron chi connectivity index (χ3n) is 3.17. The van der Waals surface area contributed by atoms with Crippen molar-refractivity contribution in [1.82, 2.24) is 5.32 Å². The summed E-state index contributed by atoms with van der Waals surface area (Å²) >= 11 is 0. The molecule has 2 rings (SSSR count). The summed E-state index contributed by atoms with van der Waals surface area (Å²) in [7, 11) is 0. The number of anilines is 1. The molecule has 0 aliphatic heterocycles. The minimum Gasteiger partial charge on any atom is -0.370 e. The van der Waals surface area contributed by atoms with Crippen molar-refractivity contribution in [2.75, 3.05) is 5.32 Å². The Morgan fingerprint density at radius 2 is 2.14 bits per heavy atom. The fraction of sp³-hybridized carbons (Fsp3) is 0.500. The lowest BCUT2D eigenvalue weighted by molar-refractivity contribution is -0.116. The van der Waals surface area contributed by atoms with Gasteiger partial charge in [0.15, 0.2) is 5.96 Å². The van der Waals surface area contributed by atoms with Crippen LogP contribution in [-0.2, 0) is 11.3 Å². The van der Waals surface area contributed by atoms with Crippen LogP contribution in [0, 0.1) is 5.92 Å². The Balaban J connectivity index is 0.00000242. The molecule has 0 saturated heterocycles. The number of halogens is 1. The highest BCUT2D eigenvalue weighted by Crippen LogP contribution is 2.18. The number of nitrogens with one attached hydrogen (secondary N) is 2. The van der Waals surface area contributed by atoms with Gasteiger partial charge in [0.05, 0.1) is 6.54 Å². The first-order valence-corrected chi connectivity index (χ1v) is 7.48. The molecule has 122 valence electrons. The molecule has 0 bridgehead atoms. The number of benzene rings is 1. The fourth-order valence-corrected chi connectivity index (χ4v) is 1.99. The van der Waals surface area contributed by atoms with Gasteiger partial charge in [-0.1, -0.05) is 26.0 Å². The van der Waals surface area contributed by atoms with Crippen molar-refractivity contribution in [3.05, 3.63) is 29.8 Å². The largest absolute Gasteiger partial charge is 0.370 e. The van der Waals surface area contributed by atoms with Crippen LogP contribution in [0.3, 0.4) is 0 Å². The highest BCUT2D eigenvalue weighted by atomic mass is 127. The smallest absolute Gasteiger partial charge is 0.224 e. The van der Waals surface area contributed by atoms with Crippen molar-refractivity contribution in [3.8, 4) is 0 Å². The Labute approximate surface area is 149 Å². The molecule has 1 amide bonds. The van der Waals surface area contributed by atoms with Gasteiger partial charge in [0.2, 0.25) is 5.91 Å². The Kier molecular flexibility index (Phi) is 7.64. The molecule has 1 fully saturated rings. The maximum Gasteiger partial charge on any atom is 0.224 e. The number of rotatable bonds is 6. The fourth-order valence-electron chi connectivity index (χ4n) is 1.99. The number of guanidine groups is 1. The van der Waals surface area contributed by atoms with Gasteiger partial charge in [-0.2, -0.15) is 0 Å². The molecule has 0 heterocycles. The van der Waals surface area contributed by atoms with E-state index in [0.29, 0.717) is 30.9 Å². The van der Waals surface area contributed by atoms with E-state index in [2.05, 4.69) is 15.6 Å². The number of nitrogens with two attached hydrogens (primary N) is 1. The van der Waals surface area contributed by atoms with Gasteiger partial charge in [-0.15, -0.1) is 24.0 Å². The van der Waals surface area contributed by atoms with Gasteiger partial charge in [-0.25, -0.2) is 4.99 Å². The molecule has 0 atom stereocenters. The Hall–Kier alpha value is -1.31. The molecule has 1 aliphatic rings. The van der Waals surface area contributed by atoms with E-state index in [1.807, 2.05) is 38.1 Å². The lowest BCUT2D eigenvalue weighted by atomic mass is 10.1. The number of hydrogen-bond acceptors (Lipinski definition) is 2. The van der Waals surface area contributed by atoms with Crippen LogP contribution in [0.15, 0.2) is 29.3 Å². The predicted molar refractivity (Wildman–Crippen MR) is 101 cm³/mol. The van der Waals surface area contributed by atoms with E-state index in [-0.39, 0.29) is 29.9 Å². The number of aliphatic imine (C=N–C) groups is 1. The third-order valence-corrected chi connectivity index (χ3v) is 3.17. The van der Waals surface area contributed by atoms with Gasteiger partial charge < -0.3 is 16.4 Å². The van der Waals surface area contributed by atoms with Gasteiger partial charge in [0, 0.05) is 18.2 Å². The first kappa shape index (κ1) is 18.7.